The Hall–Kier alpha value is -2.02. The van der Waals surface area contributed by atoms with Crippen LogP contribution in [-0.4, -0.2) is 29.2 Å². The zero-order valence-electron chi connectivity index (χ0n) is 11.7. The third kappa shape index (κ3) is 3.75. The molecule has 7 heteroatoms. The molecular weight excluding hydrogens is 281 g/mol. The van der Waals surface area contributed by atoms with Gasteiger partial charge in [-0.3, -0.25) is 10.1 Å². The number of halogens is 1. The van der Waals surface area contributed by atoms with Crippen molar-refractivity contribution in [2.45, 2.75) is 45.0 Å². The van der Waals surface area contributed by atoms with E-state index >= 15 is 0 Å². The Bertz CT molecular complexity index is 552. The Morgan fingerprint density at radius 2 is 2.00 bits per heavy atom. The average Bonchev–Trinajstić information content (AvgIpc) is 2.36. The van der Waals surface area contributed by atoms with E-state index in [9.17, 15) is 19.3 Å². The van der Waals surface area contributed by atoms with Gasteiger partial charge in [0.2, 0.25) is 5.82 Å². The number of nitrogens with zero attached hydrogens (tertiary/aromatic N) is 1. The SMILES string of the molecule is CC1CC(OC(=O)c2ccc([N+](=O)[O-])c(F)c2)CC(C)O1. The van der Waals surface area contributed by atoms with Gasteiger partial charge in [0.1, 0.15) is 6.10 Å². The van der Waals surface area contributed by atoms with Gasteiger partial charge in [0, 0.05) is 18.9 Å². The molecule has 1 fully saturated rings. The number of esters is 1. The second-order valence-electron chi connectivity index (χ2n) is 5.18. The Morgan fingerprint density at radius 3 is 2.52 bits per heavy atom. The molecule has 1 aliphatic rings. The third-order valence-corrected chi connectivity index (χ3v) is 3.31. The van der Waals surface area contributed by atoms with Gasteiger partial charge in [0.05, 0.1) is 22.7 Å². The van der Waals surface area contributed by atoms with Crippen molar-refractivity contribution in [3.8, 4) is 0 Å². The number of hydrogen-bond donors (Lipinski definition) is 0. The van der Waals surface area contributed by atoms with Gasteiger partial charge in [-0.2, -0.15) is 4.39 Å². The van der Waals surface area contributed by atoms with E-state index in [4.69, 9.17) is 9.47 Å². The molecule has 1 aromatic rings. The van der Waals surface area contributed by atoms with Gasteiger partial charge >= 0.3 is 11.7 Å². The van der Waals surface area contributed by atoms with Crippen molar-refractivity contribution in [3.05, 3.63) is 39.7 Å². The molecule has 114 valence electrons. The van der Waals surface area contributed by atoms with Crippen molar-refractivity contribution in [1.29, 1.82) is 0 Å². The maximum atomic E-state index is 13.5. The topological polar surface area (TPSA) is 78.7 Å². The number of hydrogen-bond acceptors (Lipinski definition) is 5. The van der Waals surface area contributed by atoms with Crippen molar-refractivity contribution in [1.82, 2.24) is 0 Å². The summed E-state index contributed by atoms with van der Waals surface area (Å²) in [6, 6.07) is 2.98. The van der Waals surface area contributed by atoms with E-state index in [-0.39, 0.29) is 23.9 Å². The smallest absolute Gasteiger partial charge is 0.338 e. The summed E-state index contributed by atoms with van der Waals surface area (Å²) in [7, 11) is 0. The van der Waals surface area contributed by atoms with Gasteiger partial charge < -0.3 is 9.47 Å². The minimum Gasteiger partial charge on any atom is -0.459 e. The second-order valence-corrected chi connectivity index (χ2v) is 5.18. The largest absolute Gasteiger partial charge is 0.459 e. The van der Waals surface area contributed by atoms with Gasteiger partial charge in [-0.25, -0.2) is 4.79 Å². The molecule has 0 radical (unpaired) electrons. The molecular formula is C14H16FNO5. The van der Waals surface area contributed by atoms with Crippen molar-refractivity contribution in [2.75, 3.05) is 0 Å². The number of nitro benzene ring substituents is 1. The van der Waals surface area contributed by atoms with E-state index in [1.165, 1.54) is 6.07 Å². The first-order valence-corrected chi connectivity index (χ1v) is 6.67. The monoisotopic (exact) mass is 297 g/mol. The van der Waals surface area contributed by atoms with Crippen LogP contribution in [0.25, 0.3) is 0 Å². The number of benzene rings is 1. The molecule has 0 aromatic heterocycles. The molecule has 0 aliphatic carbocycles. The lowest BCUT2D eigenvalue weighted by Gasteiger charge is -2.31. The molecule has 0 amide bonds. The molecule has 2 unspecified atom stereocenters. The predicted molar refractivity (Wildman–Crippen MR) is 71.5 cm³/mol. The molecule has 6 nitrogen and oxygen atoms in total. The van der Waals surface area contributed by atoms with Crippen LogP contribution < -0.4 is 0 Å². The first kappa shape index (κ1) is 15.4. The van der Waals surface area contributed by atoms with Gasteiger partial charge in [-0.1, -0.05) is 0 Å². The van der Waals surface area contributed by atoms with Crippen LogP contribution in [-0.2, 0) is 9.47 Å². The van der Waals surface area contributed by atoms with Crippen LogP contribution in [0.2, 0.25) is 0 Å². The number of carbonyl (C=O) groups is 1. The quantitative estimate of drug-likeness (QED) is 0.487. The highest BCUT2D eigenvalue weighted by molar-refractivity contribution is 5.89. The first-order valence-electron chi connectivity index (χ1n) is 6.67. The maximum absolute atomic E-state index is 13.5. The van der Waals surface area contributed by atoms with E-state index < -0.39 is 22.4 Å². The van der Waals surface area contributed by atoms with E-state index in [0.29, 0.717) is 12.8 Å². The van der Waals surface area contributed by atoms with Gasteiger partial charge in [0.15, 0.2) is 0 Å². The summed E-state index contributed by atoms with van der Waals surface area (Å²) in [5, 5.41) is 10.5. The molecule has 1 aliphatic heterocycles. The van der Waals surface area contributed by atoms with Crippen LogP contribution in [0.5, 0.6) is 0 Å². The Morgan fingerprint density at radius 1 is 1.38 bits per heavy atom. The number of nitro groups is 1. The van der Waals surface area contributed by atoms with Crippen LogP contribution in [0.15, 0.2) is 18.2 Å². The number of carbonyl (C=O) groups excluding carboxylic acids is 1. The van der Waals surface area contributed by atoms with Gasteiger partial charge in [-0.05, 0) is 26.0 Å². The Labute approximate surface area is 121 Å². The van der Waals surface area contributed by atoms with Crippen LogP contribution in [0, 0.1) is 15.9 Å². The molecule has 2 atom stereocenters. The standard InChI is InChI=1S/C14H16FNO5/c1-8-5-11(6-9(2)20-8)21-14(17)10-3-4-13(16(18)19)12(15)7-10/h3-4,7-9,11H,5-6H2,1-2H3. The second kappa shape index (κ2) is 6.17. The summed E-state index contributed by atoms with van der Waals surface area (Å²) in [5.41, 5.74) is -0.704. The third-order valence-electron chi connectivity index (χ3n) is 3.31. The molecule has 1 aromatic carbocycles. The highest BCUT2D eigenvalue weighted by Crippen LogP contribution is 2.24. The van der Waals surface area contributed by atoms with E-state index in [1.54, 1.807) is 0 Å². The van der Waals surface area contributed by atoms with Gasteiger partial charge in [-0.15, -0.1) is 0 Å². The normalized spacial score (nSPS) is 25.4. The minimum atomic E-state index is -1.05. The summed E-state index contributed by atoms with van der Waals surface area (Å²) in [6.07, 6.45) is 0.826. The summed E-state index contributed by atoms with van der Waals surface area (Å²) in [6.45, 7) is 3.78. The lowest BCUT2D eigenvalue weighted by atomic mass is 10.0. The fourth-order valence-corrected chi connectivity index (χ4v) is 2.44. The van der Waals surface area contributed by atoms with Crippen LogP contribution in [0.4, 0.5) is 10.1 Å². The number of rotatable bonds is 3. The molecule has 0 saturated carbocycles. The first-order chi connectivity index (χ1) is 9.86. The average molecular weight is 297 g/mol. The van der Waals surface area contributed by atoms with Crippen molar-refractivity contribution < 1.29 is 23.6 Å². The van der Waals surface area contributed by atoms with Crippen molar-refractivity contribution in [2.24, 2.45) is 0 Å². The molecule has 2 rings (SSSR count). The predicted octanol–water partition coefficient (Wildman–Crippen LogP) is 2.85. The van der Waals surface area contributed by atoms with Crippen LogP contribution in [0.3, 0.4) is 0 Å². The lowest BCUT2D eigenvalue weighted by Crippen LogP contribution is -2.35. The molecule has 0 spiro atoms. The Balaban J connectivity index is 2.06. The summed E-state index contributed by atoms with van der Waals surface area (Å²) >= 11 is 0. The molecule has 0 bridgehead atoms. The molecule has 1 heterocycles. The summed E-state index contributed by atoms with van der Waals surface area (Å²) in [5.74, 6) is -1.74. The fourth-order valence-electron chi connectivity index (χ4n) is 2.44. The van der Waals surface area contributed by atoms with Crippen LogP contribution >= 0.6 is 0 Å². The van der Waals surface area contributed by atoms with E-state index in [0.717, 1.165) is 12.1 Å². The van der Waals surface area contributed by atoms with E-state index in [1.807, 2.05) is 13.8 Å². The maximum Gasteiger partial charge on any atom is 0.338 e. The van der Waals surface area contributed by atoms with Crippen molar-refractivity contribution in [3.63, 3.8) is 0 Å². The zero-order chi connectivity index (χ0) is 15.6. The van der Waals surface area contributed by atoms with Gasteiger partial charge in [0.25, 0.3) is 0 Å². The minimum absolute atomic E-state index is 0.0138. The molecule has 0 N–H and O–H groups in total. The molecule has 21 heavy (non-hydrogen) atoms. The summed E-state index contributed by atoms with van der Waals surface area (Å²) < 4.78 is 24.4. The Kier molecular flexibility index (Phi) is 4.52. The zero-order valence-corrected chi connectivity index (χ0v) is 11.7. The highest BCUT2D eigenvalue weighted by atomic mass is 19.1. The lowest BCUT2D eigenvalue weighted by molar-refractivity contribution is -0.387. The fraction of sp³-hybridized carbons (Fsp3) is 0.500. The summed E-state index contributed by atoms with van der Waals surface area (Å²) in [4.78, 5) is 21.6. The number of ether oxygens (including phenoxy) is 2. The highest BCUT2D eigenvalue weighted by Gasteiger charge is 2.28. The van der Waals surface area contributed by atoms with Crippen molar-refractivity contribution >= 4 is 11.7 Å². The van der Waals surface area contributed by atoms with Crippen LogP contribution in [0.1, 0.15) is 37.0 Å². The van der Waals surface area contributed by atoms with E-state index in [2.05, 4.69) is 0 Å². The molecule has 1 saturated heterocycles.